The zero-order valence-corrected chi connectivity index (χ0v) is 12.1. The van der Waals surface area contributed by atoms with E-state index in [-0.39, 0.29) is 11.9 Å². The lowest BCUT2D eigenvalue weighted by Crippen LogP contribution is -2.35. The summed E-state index contributed by atoms with van der Waals surface area (Å²) in [5, 5.41) is 2.23. The highest BCUT2D eigenvalue weighted by atomic mass is 16.2. The maximum Gasteiger partial charge on any atom is 0.331 e. The Hall–Kier alpha value is -2.45. The van der Waals surface area contributed by atoms with Crippen molar-refractivity contribution in [3.05, 3.63) is 0 Å². The molecular weight excluding hydrogens is 262 g/mol. The predicted molar refractivity (Wildman–Crippen MR) is 74.0 cm³/mol. The van der Waals surface area contributed by atoms with Crippen molar-refractivity contribution in [1.82, 2.24) is 20.3 Å². The third-order valence-corrected chi connectivity index (χ3v) is 2.83. The minimum absolute atomic E-state index is 0.156. The summed E-state index contributed by atoms with van der Waals surface area (Å²) in [5.74, 6) is 0.618. The van der Waals surface area contributed by atoms with Gasteiger partial charge in [0.15, 0.2) is 0 Å². The molecule has 2 rings (SSSR count). The average Bonchev–Trinajstić information content (AvgIpc) is 2.62. The largest absolute Gasteiger partial charge is 0.347 e. The molecule has 0 aromatic carbocycles. The highest BCUT2D eigenvalue weighted by Crippen LogP contribution is 2.21. The molecule has 108 valence electrons. The minimum atomic E-state index is -0.644. The molecular formula is C11H17N7O2. The summed E-state index contributed by atoms with van der Waals surface area (Å²) < 4.78 is 0. The maximum atomic E-state index is 11.8. The molecule has 0 unspecified atom stereocenters. The van der Waals surface area contributed by atoms with Gasteiger partial charge in [-0.1, -0.05) is 0 Å². The van der Waals surface area contributed by atoms with Gasteiger partial charge in [-0.2, -0.15) is 15.0 Å². The maximum absolute atomic E-state index is 11.8. The normalized spacial score (nSPS) is 18.2. The van der Waals surface area contributed by atoms with Crippen LogP contribution < -0.4 is 20.0 Å². The molecule has 0 aliphatic carbocycles. The molecule has 0 bridgehead atoms. The molecule has 1 aliphatic rings. The third kappa shape index (κ3) is 2.33. The molecule has 0 radical (unpaired) electrons. The number of aromatic nitrogens is 3. The molecule has 1 aromatic rings. The number of nitrogens with zero attached hydrogens (tertiary/aromatic N) is 6. The molecule has 1 N–H and O–H groups in total. The summed E-state index contributed by atoms with van der Waals surface area (Å²) in [6, 6.07) is -1.17. The lowest BCUT2D eigenvalue weighted by molar-refractivity contribution is -0.119. The molecule has 9 heteroatoms. The number of imide groups is 1. The fourth-order valence-corrected chi connectivity index (χ4v) is 1.68. The molecule has 1 aromatic heterocycles. The summed E-state index contributed by atoms with van der Waals surface area (Å²) in [5.41, 5.74) is 0. The Bertz CT molecular complexity index is 531. The first kappa shape index (κ1) is 14.0. The van der Waals surface area contributed by atoms with Crippen LogP contribution in [0.15, 0.2) is 0 Å². The van der Waals surface area contributed by atoms with Crippen LogP contribution in [0.5, 0.6) is 0 Å². The number of amides is 3. The van der Waals surface area contributed by atoms with Crippen LogP contribution in [0.2, 0.25) is 0 Å². The molecule has 1 aliphatic heterocycles. The van der Waals surface area contributed by atoms with E-state index in [1.807, 2.05) is 0 Å². The fraction of sp³-hybridized carbons (Fsp3) is 0.545. The highest BCUT2D eigenvalue weighted by Gasteiger charge is 2.38. The van der Waals surface area contributed by atoms with Gasteiger partial charge in [0.1, 0.15) is 6.04 Å². The molecule has 0 spiro atoms. The van der Waals surface area contributed by atoms with Gasteiger partial charge in [0.25, 0.3) is 5.91 Å². The van der Waals surface area contributed by atoms with Gasteiger partial charge in [-0.25, -0.2) is 9.69 Å². The number of hydrogen-bond donors (Lipinski definition) is 1. The van der Waals surface area contributed by atoms with Crippen LogP contribution in [0.4, 0.5) is 22.6 Å². The fourth-order valence-electron chi connectivity index (χ4n) is 1.68. The van der Waals surface area contributed by atoms with Crippen LogP contribution in [-0.2, 0) is 4.79 Å². The molecule has 20 heavy (non-hydrogen) atoms. The van der Waals surface area contributed by atoms with Crippen molar-refractivity contribution in [3.63, 3.8) is 0 Å². The van der Waals surface area contributed by atoms with Crippen LogP contribution in [0.1, 0.15) is 6.92 Å². The number of urea groups is 1. The molecule has 0 saturated carbocycles. The van der Waals surface area contributed by atoms with Crippen molar-refractivity contribution in [1.29, 1.82) is 0 Å². The van der Waals surface area contributed by atoms with Crippen molar-refractivity contribution >= 4 is 29.8 Å². The van der Waals surface area contributed by atoms with E-state index in [1.165, 1.54) is 4.90 Å². The standard InChI is InChI=1S/C11H17N7O2/c1-6-7(19)12-11(20)18(6)10-14-8(16(2)3)13-9(15-10)17(4)5/h6H,1-5H3,(H,12,19,20)/t6-/m1/s1. The smallest absolute Gasteiger partial charge is 0.331 e. The number of carbonyl (C=O) groups excluding carboxylic acids is 2. The zero-order valence-electron chi connectivity index (χ0n) is 12.1. The lowest BCUT2D eigenvalue weighted by Gasteiger charge is -2.20. The summed E-state index contributed by atoms with van der Waals surface area (Å²) in [6.45, 7) is 1.62. The Kier molecular flexibility index (Phi) is 3.43. The van der Waals surface area contributed by atoms with Gasteiger partial charge in [0, 0.05) is 28.2 Å². The van der Waals surface area contributed by atoms with E-state index in [9.17, 15) is 9.59 Å². The lowest BCUT2D eigenvalue weighted by atomic mass is 10.3. The number of hydrogen-bond acceptors (Lipinski definition) is 7. The third-order valence-electron chi connectivity index (χ3n) is 2.83. The summed E-state index contributed by atoms with van der Waals surface area (Å²) in [7, 11) is 7.16. The molecule has 1 saturated heterocycles. The average molecular weight is 279 g/mol. The van der Waals surface area contributed by atoms with Gasteiger partial charge in [-0.15, -0.1) is 0 Å². The van der Waals surface area contributed by atoms with Crippen LogP contribution in [0.3, 0.4) is 0 Å². The van der Waals surface area contributed by atoms with Crippen LogP contribution in [0, 0.1) is 0 Å². The van der Waals surface area contributed by atoms with Crippen LogP contribution in [-0.4, -0.2) is 61.1 Å². The Balaban J connectivity index is 2.50. The number of anilines is 3. The first-order valence-electron chi connectivity index (χ1n) is 6.06. The molecule has 3 amide bonds. The quantitative estimate of drug-likeness (QED) is 0.742. The van der Waals surface area contributed by atoms with Gasteiger partial charge in [0.2, 0.25) is 17.8 Å². The van der Waals surface area contributed by atoms with Gasteiger partial charge in [-0.05, 0) is 6.92 Å². The zero-order chi connectivity index (χ0) is 15.0. The predicted octanol–water partition coefficient (Wildman–Crippen LogP) is -0.552. The summed E-state index contributed by atoms with van der Waals surface area (Å²) >= 11 is 0. The van der Waals surface area contributed by atoms with E-state index in [0.717, 1.165) is 0 Å². The van der Waals surface area contributed by atoms with Crippen LogP contribution >= 0.6 is 0 Å². The topological polar surface area (TPSA) is 94.6 Å². The van der Waals surface area contributed by atoms with E-state index in [0.29, 0.717) is 11.9 Å². The van der Waals surface area contributed by atoms with Gasteiger partial charge in [-0.3, -0.25) is 10.1 Å². The van der Waals surface area contributed by atoms with E-state index < -0.39 is 12.1 Å². The highest BCUT2D eigenvalue weighted by molar-refractivity contribution is 6.13. The Morgan fingerprint density at radius 3 is 1.85 bits per heavy atom. The van der Waals surface area contributed by atoms with Crippen molar-refractivity contribution in [2.75, 3.05) is 42.9 Å². The second-order valence-electron chi connectivity index (χ2n) is 4.86. The monoisotopic (exact) mass is 279 g/mol. The molecule has 1 atom stereocenters. The SMILES string of the molecule is C[C@@H]1C(=O)NC(=O)N1c1nc(N(C)C)nc(N(C)C)n1. The second-order valence-corrected chi connectivity index (χ2v) is 4.86. The van der Waals surface area contributed by atoms with Crippen molar-refractivity contribution < 1.29 is 9.59 Å². The molecule has 2 heterocycles. The van der Waals surface area contributed by atoms with Crippen molar-refractivity contribution in [3.8, 4) is 0 Å². The van der Waals surface area contributed by atoms with Crippen molar-refractivity contribution in [2.45, 2.75) is 13.0 Å². The van der Waals surface area contributed by atoms with Crippen LogP contribution in [0.25, 0.3) is 0 Å². The molecule has 1 fully saturated rings. The van der Waals surface area contributed by atoms with Gasteiger partial charge < -0.3 is 9.80 Å². The summed E-state index contributed by atoms with van der Waals surface area (Å²) in [6.07, 6.45) is 0. The minimum Gasteiger partial charge on any atom is -0.347 e. The Morgan fingerprint density at radius 1 is 1.00 bits per heavy atom. The Morgan fingerprint density at radius 2 is 1.50 bits per heavy atom. The first-order valence-corrected chi connectivity index (χ1v) is 6.06. The number of carbonyl (C=O) groups is 2. The second kappa shape index (κ2) is 4.91. The Labute approximate surface area is 116 Å². The summed E-state index contributed by atoms with van der Waals surface area (Å²) in [4.78, 5) is 40.7. The first-order chi connectivity index (χ1) is 9.31. The van der Waals surface area contributed by atoms with Gasteiger partial charge >= 0.3 is 6.03 Å². The van der Waals surface area contributed by atoms with E-state index >= 15 is 0 Å². The number of rotatable bonds is 3. The number of nitrogens with one attached hydrogen (secondary N) is 1. The van der Waals surface area contributed by atoms with Gasteiger partial charge in [0.05, 0.1) is 0 Å². The van der Waals surface area contributed by atoms with E-state index in [4.69, 9.17) is 0 Å². The van der Waals surface area contributed by atoms with Crippen molar-refractivity contribution in [2.24, 2.45) is 0 Å². The van der Waals surface area contributed by atoms with E-state index in [2.05, 4.69) is 20.3 Å². The molecule has 9 nitrogen and oxygen atoms in total. The van der Waals surface area contributed by atoms with E-state index in [1.54, 1.807) is 44.9 Å².